The minimum absolute atomic E-state index is 0. The maximum atomic E-state index is 12.2. The van der Waals surface area contributed by atoms with Crippen molar-refractivity contribution in [1.29, 1.82) is 0 Å². The van der Waals surface area contributed by atoms with Gasteiger partial charge in [0.25, 0.3) is 0 Å². The van der Waals surface area contributed by atoms with Crippen LogP contribution < -0.4 is 11.1 Å². The van der Waals surface area contributed by atoms with Crippen LogP contribution >= 0.6 is 24.8 Å². The number of hydrogen-bond donors (Lipinski definition) is 2. The van der Waals surface area contributed by atoms with Crippen LogP contribution in [0.25, 0.3) is 0 Å². The number of nitrogens with zero attached hydrogens (tertiary/aromatic N) is 1. The van der Waals surface area contributed by atoms with Gasteiger partial charge in [0.15, 0.2) is 0 Å². The minimum Gasteiger partial charge on any atom is -0.352 e. The van der Waals surface area contributed by atoms with Crippen molar-refractivity contribution >= 4 is 30.7 Å². The summed E-state index contributed by atoms with van der Waals surface area (Å²) in [6.45, 7) is 1.47. The van der Waals surface area contributed by atoms with E-state index in [1.807, 2.05) is 26.2 Å². The van der Waals surface area contributed by atoms with Gasteiger partial charge >= 0.3 is 0 Å². The van der Waals surface area contributed by atoms with Crippen molar-refractivity contribution in [3.05, 3.63) is 35.4 Å². The summed E-state index contributed by atoms with van der Waals surface area (Å²) < 4.78 is 0. The van der Waals surface area contributed by atoms with Gasteiger partial charge in [-0.3, -0.25) is 4.79 Å². The molecule has 1 aliphatic rings. The number of benzene rings is 1. The molecule has 0 heterocycles. The molecule has 22 heavy (non-hydrogen) atoms. The highest BCUT2D eigenvalue weighted by Gasteiger charge is 2.29. The molecule has 1 aromatic rings. The summed E-state index contributed by atoms with van der Waals surface area (Å²) in [5.74, 6) is 0.102. The maximum Gasteiger partial charge on any atom is 0.224 e. The number of carbonyl (C=O) groups excluding carboxylic acids is 1. The Kier molecular flexibility index (Phi) is 9.69. The normalized spacial score (nSPS) is 20.2. The van der Waals surface area contributed by atoms with Crippen molar-refractivity contribution in [3.63, 3.8) is 0 Å². The third-order valence-corrected chi connectivity index (χ3v) is 3.96. The molecular weight excluding hydrogens is 321 g/mol. The van der Waals surface area contributed by atoms with Gasteiger partial charge in [0.05, 0.1) is 5.92 Å². The van der Waals surface area contributed by atoms with Crippen molar-refractivity contribution in [2.75, 3.05) is 14.1 Å². The van der Waals surface area contributed by atoms with Crippen LogP contribution in [-0.2, 0) is 17.9 Å². The predicted molar refractivity (Wildman–Crippen MR) is 95.5 cm³/mol. The summed E-state index contributed by atoms with van der Waals surface area (Å²) in [7, 11) is 4.10. The summed E-state index contributed by atoms with van der Waals surface area (Å²) in [6.07, 6.45) is 2.96. The van der Waals surface area contributed by atoms with E-state index in [4.69, 9.17) is 5.73 Å². The zero-order valence-corrected chi connectivity index (χ0v) is 14.9. The Morgan fingerprint density at radius 3 is 2.41 bits per heavy atom. The fourth-order valence-corrected chi connectivity index (χ4v) is 2.85. The summed E-state index contributed by atoms with van der Waals surface area (Å²) in [5, 5.41) is 3.05. The molecule has 6 heteroatoms. The molecule has 1 amide bonds. The van der Waals surface area contributed by atoms with E-state index in [0.29, 0.717) is 6.54 Å². The highest BCUT2D eigenvalue weighted by molar-refractivity contribution is 5.85. The lowest BCUT2D eigenvalue weighted by molar-refractivity contribution is -0.125. The molecule has 2 atom stereocenters. The summed E-state index contributed by atoms with van der Waals surface area (Å²) in [5.41, 5.74) is 8.42. The van der Waals surface area contributed by atoms with E-state index in [0.717, 1.165) is 25.8 Å². The fourth-order valence-electron chi connectivity index (χ4n) is 2.85. The lowest BCUT2D eigenvalue weighted by atomic mass is 10.0. The van der Waals surface area contributed by atoms with Crippen LogP contribution in [0.3, 0.4) is 0 Å². The van der Waals surface area contributed by atoms with Crippen LogP contribution in [-0.4, -0.2) is 30.9 Å². The number of rotatable bonds is 5. The summed E-state index contributed by atoms with van der Waals surface area (Å²) >= 11 is 0. The molecule has 0 radical (unpaired) electrons. The molecule has 1 aromatic carbocycles. The molecule has 1 fully saturated rings. The van der Waals surface area contributed by atoms with Gasteiger partial charge in [-0.2, -0.15) is 0 Å². The van der Waals surface area contributed by atoms with Crippen LogP contribution in [0.1, 0.15) is 30.4 Å². The maximum absolute atomic E-state index is 12.2. The lowest BCUT2D eigenvalue weighted by Gasteiger charge is -2.17. The van der Waals surface area contributed by atoms with Gasteiger partial charge in [0, 0.05) is 19.1 Å². The first kappa shape index (κ1) is 21.2. The molecule has 1 aliphatic carbocycles. The number of carbonyl (C=O) groups is 1. The Balaban J connectivity index is 0.00000220. The number of nitrogens with two attached hydrogens (primary N) is 1. The molecule has 4 nitrogen and oxygen atoms in total. The first-order chi connectivity index (χ1) is 9.58. The zero-order chi connectivity index (χ0) is 14.5. The van der Waals surface area contributed by atoms with Crippen LogP contribution in [0.2, 0.25) is 0 Å². The fraction of sp³-hybridized carbons (Fsp3) is 0.562. The van der Waals surface area contributed by atoms with Crippen LogP contribution in [0, 0.1) is 5.92 Å². The van der Waals surface area contributed by atoms with Gasteiger partial charge in [-0.1, -0.05) is 30.7 Å². The van der Waals surface area contributed by atoms with E-state index in [9.17, 15) is 4.79 Å². The monoisotopic (exact) mass is 347 g/mol. The molecule has 0 aliphatic heterocycles. The molecule has 0 bridgehead atoms. The summed E-state index contributed by atoms with van der Waals surface area (Å²) in [6, 6.07) is 8.28. The SMILES string of the molecule is CN(C)Cc1ccccc1CNC(=O)C1CCCC1N.Cl.Cl. The molecule has 0 spiro atoms. The first-order valence-electron chi connectivity index (χ1n) is 7.32. The third kappa shape index (κ3) is 5.76. The van der Waals surface area contributed by atoms with E-state index >= 15 is 0 Å². The van der Waals surface area contributed by atoms with Gasteiger partial charge in [0.2, 0.25) is 5.91 Å². The average Bonchev–Trinajstić information content (AvgIpc) is 2.83. The molecule has 0 aromatic heterocycles. The smallest absolute Gasteiger partial charge is 0.224 e. The van der Waals surface area contributed by atoms with Gasteiger partial charge in [-0.15, -0.1) is 24.8 Å². The molecule has 126 valence electrons. The van der Waals surface area contributed by atoms with E-state index in [1.54, 1.807) is 0 Å². The zero-order valence-electron chi connectivity index (χ0n) is 13.2. The van der Waals surface area contributed by atoms with E-state index < -0.39 is 0 Å². The predicted octanol–water partition coefficient (Wildman–Crippen LogP) is 2.34. The van der Waals surface area contributed by atoms with E-state index in [2.05, 4.69) is 22.3 Å². The third-order valence-electron chi connectivity index (χ3n) is 3.96. The standard InChI is InChI=1S/C16H25N3O.2ClH/c1-19(2)11-13-7-4-3-6-12(13)10-18-16(20)14-8-5-9-15(14)17;;/h3-4,6-7,14-15H,5,8-11,17H2,1-2H3,(H,18,20);2*1H. The largest absolute Gasteiger partial charge is 0.352 e. The van der Waals surface area contributed by atoms with E-state index in [1.165, 1.54) is 11.1 Å². The average molecular weight is 348 g/mol. The highest BCUT2D eigenvalue weighted by atomic mass is 35.5. The number of amides is 1. The number of halogens is 2. The molecule has 1 saturated carbocycles. The molecular formula is C16H27Cl2N3O. The Labute approximate surface area is 145 Å². The second-order valence-corrected chi connectivity index (χ2v) is 5.93. The van der Waals surface area contributed by atoms with Gasteiger partial charge in [-0.25, -0.2) is 0 Å². The van der Waals surface area contributed by atoms with Crippen molar-refractivity contribution in [2.24, 2.45) is 11.7 Å². The Morgan fingerprint density at radius 2 is 1.86 bits per heavy atom. The van der Waals surface area contributed by atoms with Crippen molar-refractivity contribution in [1.82, 2.24) is 10.2 Å². The van der Waals surface area contributed by atoms with Crippen molar-refractivity contribution in [2.45, 2.75) is 38.4 Å². The molecule has 2 rings (SSSR count). The van der Waals surface area contributed by atoms with Gasteiger partial charge in [0.1, 0.15) is 0 Å². The Bertz CT molecular complexity index is 468. The first-order valence-corrected chi connectivity index (χ1v) is 7.32. The summed E-state index contributed by atoms with van der Waals surface area (Å²) in [4.78, 5) is 14.3. The molecule has 0 saturated heterocycles. The van der Waals surface area contributed by atoms with E-state index in [-0.39, 0.29) is 42.7 Å². The van der Waals surface area contributed by atoms with Gasteiger partial charge in [-0.05, 0) is 38.1 Å². The highest BCUT2D eigenvalue weighted by Crippen LogP contribution is 2.24. The van der Waals surface area contributed by atoms with Gasteiger partial charge < -0.3 is 16.0 Å². The lowest BCUT2D eigenvalue weighted by Crippen LogP contribution is -2.38. The molecule has 2 unspecified atom stereocenters. The quantitative estimate of drug-likeness (QED) is 0.859. The Hall–Kier alpha value is -0.810. The minimum atomic E-state index is -0.00369. The molecule has 3 N–H and O–H groups in total. The van der Waals surface area contributed by atoms with Crippen molar-refractivity contribution in [3.8, 4) is 0 Å². The van der Waals surface area contributed by atoms with Crippen LogP contribution in [0.5, 0.6) is 0 Å². The topological polar surface area (TPSA) is 58.4 Å². The Morgan fingerprint density at radius 1 is 1.23 bits per heavy atom. The second-order valence-electron chi connectivity index (χ2n) is 5.93. The number of nitrogens with one attached hydrogen (secondary N) is 1. The van der Waals surface area contributed by atoms with Crippen molar-refractivity contribution < 1.29 is 4.79 Å². The van der Waals surface area contributed by atoms with Crippen LogP contribution in [0.4, 0.5) is 0 Å². The van der Waals surface area contributed by atoms with Crippen LogP contribution in [0.15, 0.2) is 24.3 Å². The second kappa shape index (κ2) is 10.1. The number of hydrogen-bond acceptors (Lipinski definition) is 3.